The van der Waals surface area contributed by atoms with Gasteiger partial charge in [-0.2, -0.15) is 9.40 Å². The smallest absolute Gasteiger partial charge is 0.246 e. The third-order valence-corrected chi connectivity index (χ3v) is 7.00. The zero-order valence-corrected chi connectivity index (χ0v) is 17.3. The molecule has 28 heavy (non-hydrogen) atoms. The predicted octanol–water partition coefficient (Wildman–Crippen LogP) is 1.72. The molecule has 1 aromatic carbocycles. The summed E-state index contributed by atoms with van der Waals surface area (Å²) in [7, 11) is -3.67. The van der Waals surface area contributed by atoms with Crippen molar-refractivity contribution in [3.05, 3.63) is 41.2 Å². The Hall–Kier alpha value is -2.23. The molecule has 1 aliphatic heterocycles. The lowest BCUT2D eigenvalue weighted by Crippen LogP contribution is -2.41. The van der Waals surface area contributed by atoms with Gasteiger partial charge in [-0.15, -0.1) is 0 Å². The number of carbonyl (C=O) groups excluding carboxylic acids is 1. The molecule has 1 fully saturated rings. The lowest BCUT2D eigenvalue weighted by Gasteiger charge is -2.26. The Bertz CT molecular complexity index is 962. The summed E-state index contributed by atoms with van der Waals surface area (Å²) in [5, 5.41) is 7.21. The number of morpholine rings is 1. The molecule has 2 heterocycles. The minimum absolute atomic E-state index is 0.0522. The number of hydrogen-bond acceptors (Lipinski definition) is 5. The number of ether oxygens (including phenoxy) is 1. The monoisotopic (exact) mass is 406 g/mol. The molecule has 1 saturated heterocycles. The van der Waals surface area contributed by atoms with Crippen LogP contribution < -0.4 is 5.32 Å². The van der Waals surface area contributed by atoms with Crippen LogP contribution >= 0.6 is 0 Å². The van der Waals surface area contributed by atoms with Gasteiger partial charge in [0.05, 0.1) is 24.6 Å². The second-order valence-corrected chi connectivity index (χ2v) is 8.61. The van der Waals surface area contributed by atoms with Crippen LogP contribution in [0.25, 0.3) is 0 Å². The van der Waals surface area contributed by atoms with Crippen LogP contribution in [0.15, 0.2) is 29.2 Å². The van der Waals surface area contributed by atoms with Crippen molar-refractivity contribution >= 4 is 21.6 Å². The fourth-order valence-corrected chi connectivity index (χ4v) is 5.18. The highest BCUT2D eigenvalue weighted by Crippen LogP contribution is 2.24. The molecule has 1 N–H and O–H groups in total. The molecular formula is C19H26N4O4S. The number of amides is 1. The van der Waals surface area contributed by atoms with Crippen molar-refractivity contribution in [1.82, 2.24) is 14.1 Å². The average Bonchev–Trinajstić information content (AvgIpc) is 2.96. The summed E-state index contributed by atoms with van der Waals surface area (Å²) in [5.41, 5.74) is 2.66. The maximum Gasteiger partial charge on any atom is 0.246 e. The fourth-order valence-electron chi connectivity index (χ4n) is 3.40. The molecule has 0 aliphatic carbocycles. The van der Waals surface area contributed by atoms with E-state index in [0.29, 0.717) is 37.7 Å². The second-order valence-electron chi connectivity index (χ2n) is 6.73. The highest BCUT2D eigenvalue weighted by Gasteiger charge is 2.32. The van der Waals surface area contributed by atoms with Crippen molar-refractivity contribution in [3.63, 3.8) is 0 Å². The van der Waals surface area contributed by atoms with Gasteiger partial charge in [-0.1, -0.05) is 25.1 Å². The zero-order valence-electron chi connectivity index (χ0n) is 16.4. The molecular weight excluding hydrogens is 380 g/mol. The first kappa shape index (κ1) is 20.5. The number of aromatic nitrogens is 2. The van der Waals surface area contributed by atoms with Gasteiger partial charge in [-0.3, -0.25) is 9.48 Å². The number of para-hydroxylation sites is 1. The van der Waals surface area contributed by atoms with E-state index in [1.54, 1.807) is 13.8 Å². The SMILES string of the molecule is CCc1ccccc1NC(=O)Cn1nc(C)c(S(=O)(=O)N2CCOCC2)c1C. The van der Waals surface area contributed by atoms with Crippen LogP contribution in [0.2, 0.25) is 0 Å². The summed E-state index contributed by atoms with van der Waals surface area (Å²) in [6, 6.07) is 7.61. The third kappa shape index (κ3) is 4.11. The van der Waals surface area contributed by atoms with E-state index in [9.17, 15) is 13.2 Å². The van der Waals surface area contributed by atoms with Crippen molar-refractivity contribution in [2.45, 2.75) is 38.6 Å². The normalized spacial score (nSPS) is 15.5. The summed E-state index contributed by atoms with van der Waals surface area (Å²) in [6.45, 7) is 6.70. The minimum atomic E-state index is -3.67. The van der Waals surface area contributed by atoms with Gasteiger partial charge in [0.1, 0.15) is 11.4 Å². The summed E-state index contributed by atoms with van der Waals surface area (Å²) < 4.78 is 34.1. The van der Waals surface area contributed by atoms with Crippen molar-refractivity contribution in [3.8, 4) is 0 Å². The third-order valence-electron chi connectivity index (χ3n) is 4.85. The number of anilines is 1. The first-order chi connectivity index (χ1) is 13.3. The van der Waals surface area contributed by atoms with E-state index in [0.717, 1.165) is 17.7 Å². The van der Waals surface area contributed by atoms with Crippen LogP contribution in [0.1, 0.15) is 23.9 Å². The van der Waals surface area contributed by atoms with Gasteiger partial charge >= 0.3 is 0 Å². The first-order valence-electron chi connectivity index (χ1n) is 9.34. The number of hydrogen-bond donors (Lipinski definition) is 1. The molecule has 9 heteroatoms. The summed E-state index contributed by atoms with van der Waals surface area (Å²) in [6.07, 6.45) is 0.804. The van der Waals surface area contributed by atoms with Crippen LogP contribution in [0, 0.1) is 13.8 Å². The molecule has 1 aromatic heterocycles. The van der Waals surface area contributed by atoms with E-state index < -0.39 is 10.0 Å². The maximum atomic E-state index is 13.0. The van der Waals surface area contributed by atoms with Gasteiger partial charge in [-0.05, 0) is 31.9 Å². The van der Waals surface area contributed by atoms with Crippen molar-refractivity contribution < 1.29 is 17.9 Å². The summed E-state index contributed by atoms with van der Waals surface area (Å²) in [4.78, 5) is 12.7. The van der Waals surface area contributed by atoms with E-state index in [1.165, 1.54) is 8.99 Å². The number of nitrogens with one attached hydrogen (secondary N) is 1. The van der Waals surface area contributed by atoms with Crippen LogP contribution in [0.4, 0.5) is 5.69 Å². The van der Waals surface area contributed by atoms with E-state index >= 15 is 0 Å². The van der Waals surface area contributed by atoms with Gasteiger partial charge in [0.2, 0.25) is 15.9 Å². The topological polar surface area (TPSA) is 93.5 Å². The van der Waals surface area contributed by atoms with Gasteiger partial charge in [0, 0.05) is 18.8 Å². The summed E-state index contributed by atoms with van der Waals surface area (Å²) >= 11 is 0. The molecule has 0 saturated carbocycles. The van der Waals surface area contributed by atoms with Crippen molar-refractivity contribution in [2.75, 3.05) is 31.6 Å². The van der Waals surface area contributed by atoms with E-state index in [1.807, 2.05) is 31.2 Å². The number of sulfonamides is 1. The largest absolute Gasteiger partial charge is 0.379 e. The molecule has 0 radical (unpaired) electrons. The Labute approximate surface area is 165 Å². The average molecular weight is 407 g/mol. The number of rotatable bonds is 6. The van der Waals surface area contributed by atoms with Crippen LogP contribution in [0.3, 0.4) is 0 Å². The lowest BCUT2D eigenvalue weighted by molar-refractivity contribution is -0.116. The van der Waals surface area contributed by atoms with E-state index in [-0.39, 0.29) is 17.3 Å². The Morgan fingerprint density at radius 1 is 1.21 bits per heavy atom. The maximum absolute atomic E-state index is 13.0. The quantitative estimate of drug-likeness (QED) is 0.788. The van der Waals surface area contributed by atoms with Gasteiger partial charge in [-0.25, -0.2) is 8.42 Å². The molecule has 152 valence electrons. The zero-order chi connectivity index (χ0) is 20.3. The minimum Gasteiger partial charge on any atom is -0.379 e. The van der Waals surface area contributed by atoms with E-state index in [4.69, 9.17) is 4.74 Å². The number of benzene rings is 1. The molecule has 0 spiro atoms. The Kier molecular flexibility index (Phi) is 6.17. The molecule has 0 bridgehead atoms. The Morgan fingerprint density at radius 2 is 1.89 bits per heavy atom. The molecule has 2 aromatic rings. The van der Waals surface area contributed by atoms with Gasteiger partial charge in [0.25, 0.3) is 0 Å². The van der Waals surface area contributed by atoms with Gasteiger partial charge in [0.15, 0.2) is 0 Å². The predicted molar refractivity (Wildman–Crippen MR) is 106 cm³/mol. The first-order valence-corrected chi connectivity index (χ1v) is 10.8. The molecule has 3 rings (SSSR count). The van der Waals surface area contributed by atoms with Crippen molar-refractivity contribution in [2.24, 2.45) is 0 Å². The lowest BCUT2D eigenvalue weighted by atomic mass is 10.1. The number of aryl methyl sites for hydroxylation is 2. The Balaban J connectivity index is 1.81. The highest BCUT2D eigenvalue weighted by atomic mass is 32.2. The molecule has 0 unspecified atom stereocenters. The number of carbonyl (C=O) groups is 1. The van der Waals surface area contributed by atoms with Crippen LogP contribution in [-0.2, 0) is 32.5 Å². The highest BCUT2D eigenvalue weighted by molar-refractivity contribution is 7.89. The number of nitrogens with zero attached hydrogens (tertiary/aromatic N) is 3. The molecule has 8 nitrogen and oxygen atoms in total. The molecule has 0 atom stereocenters. The van der Waals surface area contributed by atoms with Crippen LogP contribution in [-0.4, -0.2) is 54.7 Å². The van der Waals surface area contributed by atoms with Crippen molar-refractivity contribution in [1.29, 1.82) is 0 Å². The Morgan fingerprint density at radius 3 is 2.57 bits per heavy atom. The second kappa shape index (κ2) is 8.42. The molecule has 1 amide bonds. The fraction of sp³-hybridized carbons (Fsp3) is 0.474. The molecule has 1 aliphatic rings. The van der Waals surface area contributed by atoms with Gasteiger partial charge < -0.3 is 10.1 Å². The standard InChI is InChI=1S/C19H26N4O4S/c1-4-16-7-5-6-8-17(16)20-18(24)13-23-15(3)19(14(2)21-23)28(25,26)22-9-11-27-12-10-22/h5-8H,4,9-13H2,1-3H3,(H,20,24). The summed E-state index contributed by atoms with van der Waals surface area (Å²) in [5.74, 6) is -0.248. The van der Waals surface area contributed by atoms with E-state index in [2.05, 4.69) is 10.4 Å². The van der Waals surface area contributed by atoms with Crippen LogP contribution in [0.5, 0.6) is 0 Å².